The van der Waals surface area contributed by atoms with Gasteiger partial charge in [0.15, 0.2) is 5.78 Å². The number of carbonyl (C=O) groups excluding carboxylic acids is 2. The third-order valence-corrected chi connectivity index (χ3v) is 4.17. The van der Waals surface area contributed by atoms with Crippen LogP contribution in [0.3, 0.4) is 0 Å². The van der Waals surface area contributed by atoms with Gasteiger partial charge in [0, 0.05) is 11.5 Å². The molecule has 1 fully saturated rings. The molecule has 114 valence electrons. The zero-order valence-corrected chi connectivity index (χ0v) is 12.7. The molecular formula is C17H24N2O2. The fraction of sp³-hybridized carbons (Fsp3) is 0.529. The number of piperidine rings is 1. The van der Waals surface area contributed by atoms with Crippen molar-refractivity contribution in [3.8, 4) is 0 Å². The standard InChI is InChI=1S/C17H24N2O2/c1-2-3-13-4-6-14(7-5-13)16(20)12-19-10-8-15(9-11-19)17(18)21/h4-7,15H,2-3,8-12H2,1H3,(H2,18,21). The highest BCUT2D eigenvalue weighted by Crippen LogP contribution is 2.17. The molecule has 0 bridgehead atoms. The summed E-state index contributed by atoms with van der Waals surface area (Å²) in [6.07, 6.45) is 3.69. The van der Waals surface area contributed by atoms with Crippen LogP contribution in [0.25, 0.3) is 0 Å². The molecule has 0 aliphatic carbocycles. The summed E-state index contributed by atoms with van der Waals surface area (Å²) in [6.45, 7) is 4.12. The Morgan fingerprint density at radius 3 is 2.33 bits per heavy atom. The first-order chi connectivity index (χ1) is 10.1. The summed E-state index contributed by atoms with van der Waals surface area (Å²) in [7, 11) is 0. The molecule has 0 spiro atoms. The number of nitrogens with two attached hydrogens (primary N) is 1. The molecule has 1 heterocycles. The topological polar surface area (TPSA) is 63.4 Å². The molecule has 1 aliphatic heterocycles. The number of amides is 1. The highest BCUT2D eigenvalue weighted by atomic mass is 16.1. The molecule has 21 heavy (non-hydrogen) atoms. The van der Waals surface area contributed by atoms with Crippen molar-refractivity contribution < 1.29 is 9.59 Å². The van der Waals surface area contributed by atoms with Crippen LogP contribution in [0, 0.1) is 5.92 Å². The Bertz CT molecular complexity index is 488. The van der Waals surface area contributed by atoms with Crippen LogP contribution >= 0.6 is 0 Å². The second-order valence-corrected chi connectivity index (χ2v) is 5.82. The molecule has 0 aromatic heterocycles. The summed E-state index contributed by atoms with van der Waals surface area (Å²) in [5.74, 6) is -0.0901. The number of hydrogen-bond acceptors (Lipinski definition) is 3. The van der Waals surface area contributed by atoms with Gasteiger partial charge in [0.1, 0.15) is 0 Å². The number of Topliss-reactive ketones (excluding diaryl/α,β-unsaturated/α-hetero) is 1. The van der Waals surface area contributed by atoms with E-state index in [0.29, 0.717) is 6.54 Å². The minimum Gasteiger partial charge on any atom is -0.369 e. The molecule has 1 aliphatic rings. The smallest absolute Gasteiger partial charge is 0.220 e. The van der Waals surface area contributed by atoms with E-state index in [1.54, 1.807) is 0 Å². The largest absolute Gasteiger partial charge is 0.369 e. The van der Waals surface area contributed by atoms with E-state index >= 15 is 0 Å². The van der Waals surface area contributed by atoms with Crippen LogP contribution in [0.5, 0.6) is 0 Å². The van der Waals surface area contributed by atoms with Crippen LogP contribution in [0.15, 0.2) is 24.3 Å². The summed E-state index contributed by atoms with van der Waals surface area (Å²) in [4.78, 5) is 25.5. The van der Waals surface area contributed by atoms with Gasteiger partial charge in [0.25, 0.3) is 0 Å². The van der Waals surface area contributed by atoms with E-state index < -0.39 is 0 Å². The first-order valence-corrected chi connectivity index (χ1v) is 7.74. The minimum absolute atomic E-state index is 0.0234. The quantitative estimate of drug-likeness (QED) is 0.815. The predicted octanol–water partition coefficient (Wildman–Crippen LogP) is 2.02. The summed E-state index contributed by atoms with van der Waals surface area (Å²) < 4.78 is 0. The van der Waals surface area contributed by atoms with Gasteiger partial charge in [-0.05, 0) is 37.9 Å². The van der Waals surface area contributed by atoms with Crippen LogP contribution in [0.4, 0.5) is 0 Å². The van der Waals surface area contributed by atoms with E-state index in [9.17, 15) is 9.59 Å². The van der Waals surface area contributed by atoms with Crippen molar-refractivity contribution in [1.82, 2.24) is 4.90 Å². The van der Waals surface area contributed by atoms with Gasteiger partial charge in [0.2, 0.25) is 5.91 Å². The Morgan fingerprint density at radius 2 is 1.81 bits per heavy atom. The van der Waals surface area contributed by atoms with Crippen LogP contribution in [0.2, 0.25) is 0 Å². The molecule has 1 saturated heterocycles. The van der Waals surface area contributed by atoms with E-state index in [2.05, 4.69) is 11.8 Å². The summed E-state index contributed by atoms with van der Waals surface area (Å²) in [5, 5.41) is 0. The summed E-state index contributed by atoms with van der Waals surface area (Å²) in [6, 6.07) is 7.92. The van der Waals surface area contributed by atoms with Crippen LogP contribution in [-0.4, -0.2) is 36.2 Å². The Hall–Kier alpha value is -1.68. The average Bonchev–Trinajstić information content (AvgIpc) is 2.49. The molecule has 0 radical (unpaired) electrons. The van der Waals surface area contributed by atoms with Gasteiger partial charge >= 0.3 is 0 Å². The molecule has 1 aromatic rings. The van der Waals surface area contributed by atoms with Crippen molar-refractivity contribution in [1.29, 1.82) is 0 Å². The highest BCUT2D eigenvalue weighted by Gasteiger charge is 2.24. The van der Waals surface area contributed by atoms with Gasteiger partial charge in [-0.2, -0.15) is 0 Å². The minimum atomic E-state index is -0.215. The van der Waals surface area contributed by atoms with Crippen molar-refractivity contribution in [3.63, 3.8) is 0 Å². The van der Waals surface area contributed by atoms with Crippen LogP contribution in [-0.2, 0) is 11.2 Å². The third kappa shape index (κ3) is 4.39. The molecule has 2 rings (SSSR count). The van der Waals surface area contributed by atoms with Gasteiger partial charge in [-0.1, -0.05) is 37.6 Å². The molecule has 1 aromatic carbocycles. The number of benzene rings is 1. The van der Waals surface area contributed by atoms with Crippen molar-refractivity contribution in [3.05, 3.63) is 35.4 Å². The zero-order valence-electron chi connectivity index (χ0n) is 12.7. The molecule has 2 N–H and O–H groups in total. The molecular weight excluding hydrogens is 264 g/mol. The van der Waals surface area contributed by atoms with E-state index in [4.69, 9.17) is 5.73 Å². The number of carbonyl (C=O) groups is 2. The van der Waals surface area contributed by atoms with E-state index in [-0.39, 0.29) is 17.6 Å². The number of primary amides is 1. The Kier molecular flexibility index (Phi) is 5.51. The van der Waals surface area contributed by atoms with E-state index in [1.807, 2.05) is 24.3 Å². The zero-order chi connectivity index (χ0) is 15.2. The monoisotopic (exact) mass is 288 g/mol. The molecule has 0 saturated carbocycles. The second-order valence-electron chi connectivity index (χ2n) is 5.82. The Morgan fingerprint density at radius 1 is 1.19 bits per heavy atom. The molecule has 4 nitrogen and oxygen atoms in total. The van der Waals surface area contributed by atoms with Crippen molar-refractivity contribution >= 4 is 11.7 Å². The van der Waals surface area contributed by atoms with E-state index in [0.717, 1.165) is 44.3 Å². The number of rotatable bonds is 6. The lowest BCUT2D eigenvalue weighted by Gasteiger charge is -2.29. The van der Waals surface area contributed by atoms with Crippen molar-refractivity contribution in [2.24, 2.45) is 11.7 Å². The number of nitrogens with zero attached hydrogens (tertiary/aromatic N) is 1. The molecule has 4 heteroatoms. The van der Waals surface area contributed by atoms with Gasteiger partial charge in [-0.3, -0.25) is 14.5 Å². The predicted molar refractivity (Wildman–Crippen MR) is 83.1 cm³/mol. The number of likely N-dealkylation sites (tertiary alicyclic amines) is 1. The number of ketones is 1. The number of hydrogen-bond donors (Lipinski definition) is 1. The van der Waals surface area contributed by atoms with Crippen molar-refractivity contribution in [2.75, 3.05) is 19.6 Å². The molecule has 0 unspecified atom stereocenters. The third-order valence-electron chi connectivity index (χ3n) is 4.17. The average molecular weight is 288 g/mol. The normalized spacial score (nSPS) is 16.8. The second kappa shape index (κ2) is 7.36. The first-order valence-electron chi connectivity index (χ1n) is 7.74. The van der Waals surface area contributed by atoms with Gasteiger partial charge in [-0.15, -0.1) is 0 Å². The molecule has 1 amide bonds. The SMILES string of the molecule is CCCc1ccc(C(=O)CN2CCC(C(N)=O)CC2)cc1. The Labute approximate surface area is 126 Å². The van der Waals surface area contributed by atoms with Crippen LogP contribution in [0.1, 0.15) is 42.1 Å². The maximum absolute atomic E-state index is 12.3. The van der Waals surface area contributed by atoms with Crippen molar-refractivity contribution in [2.45, 2.75) is 32.6 Å². The van der Waals surface area contributed by atoms with Gasteiger partial charge in [-0.25, -0.2) is 0 Å². The first kappa shape index (κ1) is 15.7. The van der Waals surface area contributed by atoms with Gasteiger partial charge in [0.05, 0.1) is 6.54 Å². The maximum atomic E-state index is 12.3. The van der Waals surface area contributed by atoms with Crippen LogP contribution < -0.4 is 5.73 Å². The fourth-order valence-electron chi connectivity index (χ4n) is 2.82. The lowest BCUT2D eigenvalue weighted by Crippen LogP contribution is -2.40. The lowest BCUT2D eigenvalue weighted by molar-refractivity contribution is -0.123. The lowest BCUT2D eigenvalue weighted by atomic mass is 9.96. The maximum Gasteiger partial charge on any atom is 0.220 e. The van der Waals surface area contributed by atoms with Gasteiger partial charge < -0.3 is 5.73 Å². The summed E-state index contributed by atoms with van der Waals surface area (Å²) >= 11 is 0. The summed E-state index contributed by atoms with van der Waals surface area (Å²) in [5.41, 5.74) is 7.36. The highest BCUT2D eigenvalue weighted by molar-refractivity contribution is 5.97. The number of aryl methyl sites for hydroxylation is 1. The molecule has 0 atom stereocenters. The Balaban J connectivity index is 1.86. The van der Waals surface area contributed by atoms with E-state index in [1.165, 1.54) is 5.56 Å². The fourth-order valence-corrected chi connectivity index (χ4v) is 2.82.